The second-order valence-corrected chi connectivity index (χ2v) is 14.3. The molecule has 42 heavy (non-hydrogen) atoms. The molecule has 2 heterocycles. The lowest BCUT2D eigenvalue weighted by atomic mass is 9.68. The van der Waals surface area contributed by atoms with E-state index >= 15 is 0 Å². The van der Waals surface area contributed by atoms with Crippen molar-refractivity contribution in [2.24, 2.45) is 11.8 Å². The van der Waals surface area contributed by atoms with Gasteiger partial charge in [0.15, 0.2) is 0 Å². The number of fused-ring (bicyclic) bond motifs is 3. The molecule has 0 aromatic heterocycles. The SMILES string of the molecule is C=C1[C@@H](O)[C@@H](O)CC[C@@H](CC)S(=O)(=O)NC(=O)c2ccc3c(c2)N(CCCCc2cc(Cl)ccc2CO3)C[C@@H]2CC[C@@H]12. The lowest BCUT2D eigenvalue weighted by molar-refractivity contribution is 0.0203. The van der Waals surface area contributed by atoms with Gasteiger partial charge in [0.05, 0.1) is 17.0 Å². The highest BCUT2D eigenvalue weighted by atomic mass is 35.5. The van der Waals surface area contributed by atoms with E-state index in [9.17, 15) is 23.4 Å². The standard InChI is InChI=1S/C32H41ClN2O6S/c1-3-26-11-13-29(36)31(37)20(2)27-12-8-23(27)18-35-15-5-4-6-21-16-25(33)10-7-24(21)19-41-30-14-9-22(17-28(30)35)32(38)34-42(26,39)40/h7,9-10,14,16-17,23,26-27,29,31,36-37H,2-6,8,11-13,15,18-19H2,1H3,(H,34,38)/t23-,26+,27-,29-,31+/m0/s1. The Labute approximate surface area is 253 Å². The number of halogens is 1. The highest BCUT2D eigenvalue weighted by molar-refractivity contribution is 7.90. The summed E-state index contributed by atoms with van der Waals surface area (Å²) < 4.78 is 35.0. The maximum absolute atomic E-state index is 13.3. The molecular weight excluding hydrogens is 576 g/mol. The molecule has 0 radical (unpaired) electrons. The zero-order chi connectivity index (χ0) is 30.0. The van der Waals surface area contributed by atoms with Crippen LogP contribution in [0.5, 0.6) is 5.75 Å². The van der Waals surface area contributed by atoms with E-state index < -0.39 is 33.4 Å². The van der Waals surface area contributed by atoms with Gasteiger partial charge in [-0.3, -0.25) is 4.79 Å². The average molecular weight is 617 g/mol. The monoisotopic (exact) mass is 616 g/mol. The number of hydrogen-bond acceptors (Lipinski definition) is 7. The van der Waals surface area contributed by atoms with Crippen LogP contribution >= 0.6 is 11.6 Å². The Kier molecular flexibility index (Phi) is 9.52. The second-order valence-electron chi connectivity index (χ2n) is 11.9. The first-order valence-corrected chi connectivity index (χ1v) is 16.9. The Morgan fingerprint density at radius 2 is 1.88 bits per heavy atom. The molecule has 5 atom stereocenters. The number of carbonyl (C=O) groups is 1. The quantitative estimate of drug-likeness (QED) is 0.386. The Balaban J connectivity index is 1.55. The summed E-state index contributed by atoms with van der Waals surface area (Å²) in [6.07, 6.45) is 2.68. The first kappa shape index (κ1) is 30.9. The van der Waals surface area contributed by atoms with Crippen LogP contribution in [0.15, 0.2) is 48.6 Å². The molecule has 1 amide bonds. The maximum Gasteiger partial charge on any atom is 0.264 e. The van der Waals surface area contributed by atoms with Gasteiger partial charge in [0, 0.05) is 23.7 Å². The van der Waals surface area contributed by atoms with E-state index in [-0.39, 0.29) is 36.7 Å². The van der Waals surface area contributed by atoms with E-state index in [1.165, 1.54) is 0 Å². The lowest BCUT2D eigenvalue weighted by Crippen LogP contribution is -2.44. The Morgan fingerprint density at radius 1 is 1.07 bits per heavy atom. The molecule has 0 unspecified atom stereocenters. The van der Waals surface area contributed by atoms with Crippen molar-refractivity contribution in [1.29, 1.82) is 0 Å². The second kappa shape index (κ2) is 13.0. The zero-order valence-electron chi connectivity index (χ0n) is 24.1. The summed E-state index contributed by atoms with van der Waals surface area (Å²) in [7, 11) is -4.03. The molecule has 3 aliphatic rings. The summed E-state index contributed by atoms with van der Waals surface area (Å²) >= 11 is 6.30. The summed E-state index contributed by atoms with van der Waals surface area (Å²) in [6, 6.07) is 10.9. The smallest absolute Gasteiger partial charge is 0.264 e. The van der Waals surface area contributed by atoms with Gasteiger partial charge in [-0.05, 0) is 110 Å². The number of ether oxygens (including phenoxy) is 1. The number of hydrogen-bond donors (Lipinski definition) is 3. The van der Waals surface area contributed by atoms with Gasteiger partial charge < -0.3 is 19.8 Å². The number of carbonyl (C=O) groups excluding carboxylic acids is 1. The van der Waals surface area contributed by atoms with Crippen LogP contribution in [-0.4, -0.2) is 55.1 Å². The molecule has 1 fully saturated rings. The summed E-state index contributed by atoms with van der Waals surface area (Å²) in [5, 5.41) is 21.6. The summed E-state index contributed by atoms with van der Waals surface area (Å²) in [5.41, 5.74) is 3.77. The molecule has 3 N–H and O–H groups in total. The molecule has 2 aromatic rings. The molecule has 228 valence electrons. The van der Waals surface area contributed by atoms with E-state index in [1.54, 1.807) is 25.1 Å². The van der Waals surface area contributed by atoms with E-state index in [0.717, 1.165) is 48.9 Å². The molecule has 0 saturated heterocycles. The van der Waals surface area contributed by atoms with Gasteiger partial charge in [-0.2, -0.15) is 0 Å². The minimum absolute atomic E-state index is 0.0358. The van der Waals surface area contributed by atoms with Crippen LogP contribution in [-0.2, 0) is 23.1 Å². The number of aliphatic hydroxyl groups excluding tert-OH is 2. The highest BCUT2D eigenvalue weighted by Gasteiger charge is 2.39. The number of benzene rings is 2. The molecule has 1 aliphatic carbocycles. The van der Waals surface area contributed by atoms with Crippen LogP contribution < -0.4 is 14.4 Å². The van der Waals surface area contributed by atoms with Crippen LogP contribution in [0.25, 0.3) is 0 Å². The number of nitrogens with one attached hydrogen (secondary N) is 1. The third-order valence-corrected chi connectivity index (χ3v) is 11.4. The lowest BCUT2D eigenvalue weighted by Gasteiger charge is -2.43. The van der Waals surface area contributed by atoms with Crippen LogP contribution in [0.1, 0.15) is 73.4 Å². The van der Waals surface area contributed by atoms with E-state index in [1.807, 2.05) is 18.2 Å². The van der Waals surface area contributed by atoms with Gasteiger partial charge in [-0.15, -0.1) is 0 Å². The molecule has 1 saturated carbocycles. The van der Waals surface area contributed by atoms with E-state index in [4.69, 9.17) is 16.3 Å². The molecule has 2 aliphatic heterocycles. The number of aryl methyl sites for hydroxylation is 1. The van der Waals surface area contributed by atoms with Crippen LogP contribution in [0.3, 0.4) is 0 Å². The first-order chi connectivity index (χ1) is 20.1. The van der Waals surface area contributed by atoms with Gasteiger partial charge in [-0.25, -0.2) is 13.1 Å². The predicted octanol–water partition coefficient (Wildman–Crippen LogP) is 5.00. The van der Waals surface area contributed by atoms with Crippen molar-refractivity contribution in [2.45, 2.75) is 82.4 Å². The van der Waals surface area contributed by atoms with Crippen molar-refractivity contribution < 1.29 is 28.2 Å². The van der Waals surface area contributed by atoms with Gasteiger partial charge >= 0.3 is 0 Å². The highest BCUT2D eigenvalue weighted by Crippen LogP contribution is 2.43. The number of anilines is 1. The first-order valence-electron chi connectivity index (χ1n) is 15.0. The number of amides is 1. The Morgan fingerprint density at radius 3 is 2.62 bits per heavy atom. The third kappa shape index (κ3) is 6.64. The van der Waals surface area contributed by atoms with Crippen molar-refractivity contribution in [1.82, 2.24) is 4.72 Å². The van der Waals surface area contributed by atoms with Crippen molar-refractivity contribution in [3.05, 3.63) is 70.3 Å². The molecule has 8 nitrogen and oxygen atoms in total. The third-order valence-electron chi connectivity index (χ3n) is 9.24. The van der Waals surface area contributed by atoms with Gasteiger partial charge in [0.25, 0.3) is 5.91 Å². The van der Waals surface area contributed by atoms with Gasteiger partial charge in [0.1, 0.15) is 18.5 Å². The van der Waals surface area contributed by atoms with Crippen molar-refractivity contribution >= 4 is 33.2 Å². The van der Waals surface area contributed by atoms with E-state index in [0.29, 0.717) is 36.0 Å². The maximum atomic E-state index is 13.3. The normalized spacial score (nSPS) is 28.7. The minimum Gasteiger partial charge on any atom is -0.487 e. The fraction of sp³-hybridized carbons (Fsp3) is 0.531. The number of aliphatic hydroxyl groups is 2. The van der Waals surface area contributed by atoms with Gasteiger partial charge in [-0.1, -0.05) is 31.2 Å². The Bertz CT molecular complexity index is 1430. The fourth-order valence-electron chi connectivity index (χ4n) is 6.47. The van der Waals surface area contributed by atoms with Crippen molar-refractivity contribution in [3.8, 4) is 5.75 Å². The number of sulfonamides is 1. The minimum atomic E-state index is -4.03. The number of nitrogens with zero attached hydrogens (tertiary/aromatic N) is 1. The van der Waals surface area contributed by atoms with E-state index in [2.05, 4.69) is 16.2 Å². The molecule has 2 aromatic carbocycles. The fourth-order valence-corrected chi connectivity index (χ4v) is 8.09. The largest absolute Gasteiger partial charge is 0.487 e. The van der Waals surface area contributed by atoms with Crippen LogP contribution in [0, 0.1) is 11.8 Å². The Hall–Kier alpha value is -2.59. The van der Waals surface area contributed by atoms with Crippen molar-refractivity contribution in [3.63, 3.8) is 0 Å². The topological polar surface area (TPSA) is 116 Å². The molecule has 5 rings (SSSR count). The summed E-state index contributed by atoms with van der Waals surface area (Å²) in [4.78, 5) is 15.5. The predicted molar refractivity (Wildman–Crippen MR) is 164 cm³/mol. The zero-order valence-corrected chi connectivity index (χ0v) is 25.7. The number of rotatable bonds is 1. The van der Waals surface area contributed by atoms with Crippen LogP contribution in [0.2, 0.25) is 5.02 Å². The average Bonchev–Trinajstić information content (AvgIpc) is 2.97. The molecular formula is C32H41ClN2O6S. The molecule has 10 heteroatoms. The molecule has 0 spiro atoms. The van der Waals surface area contributed by atoms with Crippen LogP contribution in [0.4, 0.5) is 5.69 Å². The van der Waals surface area contributed by atoms with Crippen molar-refractivity contribution in [2.75, 3.05) is 18.0 Å². The summed E-state index contributed by atoms with van der Waals surface area (Å²) in [5.74, 6) is 0.152. The van der Waals surface area contributed by atoms with Gasteiger partial charge in [0.2, 0.25) is 10.0 Å². The molecule has 2 bridgehead atoms. The summed E-state index contributed by atoms with van der Waals surface area (Å²) in [6.45, 7) is 7.60.